The number of rotatable bonds is 13. The van der Waals surface area contributed by atoms with E-state index in [1.54, 1.807) is 48.5 Å². The van der Waals surface area contributed by atoms with E-state index in [9.17, 15) is 21.6 Å². The Morgan fingerprint density at radius 2 is 1.27 bits per heavy atom. The highest BCUT2D eigenvalue weighted by Crippen LogP contribution is 2.20. The number of hydrogen-bond donors (Lipinski definition) is 0. The molecule has 3 aromatic rings. The smallest absolute Gasteiger partial charge is 0.337 e. The molecule has 0 saturated carbocycles. The van der Waals surface area contributed by atoms with Gasteiger partial charge >= 0.3 is 5.97 Å². The summed E-state index contributed by atoms with van der Waals surface area (Å²) < 4.78 is 65.9. The number of unbranched alkanes of at least 4 members (excludes halogenated alkanes) is 1. The minimum Gasteiger partial charge on any atom is -0.459 e. The summed E-state index contributed by atoms with van der Waals surface area (Å²) in [6.45, 7) is 3.50. The fourth-order valence-electron chi connectivity index (χ4n) is 3.31. The first-order valence-electron chi connectivity index (χ1n) is 11.7. The molecule has 0 aliphatic rings. The predicted molar refractivity (Wildman–Crippen MR) is 138 cm³/mol. The largest absolute Gasteiger partial charge is 0.459 e. The third kappa shape index (κ3) is 8.78. The summed E-state index contributed by atoms with van der Waals surface area (Å²) >= 11 is 0. The first-order valence-corrected chi connectivity index (χ1v) is 14.5. The van der Waals surface area contributed by atoms with Gasteiger partial charge in [0.05, 0.1) is 16.4 Å². The van der Waals surface area contributed by atoms with Gasteiger partial charge in [-0.05, 0) is 62.9 Å². The molecule has 0 aromatic heterocycles. The summed E-state index contributed by atoms with van der Waals surface area (Å²) in [4.78, 5) is 12.7. The molecule has 0 fully saturated rings. The molecule has 1 atom stereocenters. The number of benzene rings is 3. The van der Waals surface area contributed by atoms with Gasteiger partial charge in [0, 0.05) is 0 Å². The van der Waals surface area contributed by atoms with Gasteiger partial charge in [0.15, 0.2) is 6.10 Å². The molecule has 0 aliphatic carbocycles. The van der Waals surface area contributed by atoms with Crippen LogP contribution in [-0.4, -0.2) is 35.5 Å². The zero-order valence-electron chi connectivity index (χ0n) is 20.7. The number of aryl methyl sites for hydroxylation is 2. The Hall–Kier alpha value is -3.05. The van der Waals surface area contributed by atoms with Gasteiger partial charge in [-0.1, -0.05) is 65.7 Å². The zero-order chi connectivity index (χ0) is 26.9. The maximum Gasteiger partial charge on any atom is 0.337 e. The quantitative estimate of drug-likeness (QED) is 0.172. The predicted octanol–water partition coefficient (Wildman–Crippen LogP) is 4.70. The second-order valence-corrected chi connectivity index (χ2v) is 11.7. The second-order valence-electron chi connectivity index (χ2n) is 8.53. The molecule has 3 aromatic carbocycles. The van der Waals surface area contributed by atoms with E-state index in [2.05, 4.69) is 0 Å². The monoisotopic (exact) mass is 546 g/mol. The number of esters is 1. The zero-order valence-corrected chi connectivity index (χ0v) is 22.3. The molecule has 0 amide bonds. The highest BCUT2D eigenvalue weighted by atomic mass is 32.2. The minimum atomic E-state index is -4.24. The van der Waals surface area contributed by atoms with Crippen molar-refractivity contribution >= 4 is 26.2 Å². The fraction of sp³-hybridized carbons (Fsp3) is 0.296. The summed E-state index contributed by atoms with van der Waals surface area (Å²) in [6, 6.07) is 21.3. The molecule has 0 N–H and O–H groups in total. The molecule has 0 saturated heterocycles. The average molecular weight is 547 g/mol. The van der Waals surface area contributed by atoms with E-state index in [4.69, 9.17) is 13.1 Å². The summed E-state index contributed by atoms with van der Waals surface area (Å²) in [5, 5.41) is 0. The van der Waals surface area contributed by atoms with Gasteiger partial charge in [0.25, 0.3) is 20.2 Å². The molecule has 37 heavy (non-hydrogen) atoms. The highest BCUT2D eigenvalue weighted by Gasteiger charge is 2.29. The molecule has 198 valence electrons. The lowest BCUT2D eigenvalue weighted by Crippen LogP contribution is -2.29. The van der Waals surface area contributed by atoms with Crippen molar-refractivity contribution in [2.75, 3.05) is 6.61 Å². The van der Waals surface area contributed by atoms with Crippen LogP contribution in [0.2, 0.25) is 0 Å². The summed E-state index contributed by atoms with van der Waals surface area (Å²) in [5.74, 6) is -0.826. The van der Waals surface area contributed by atoms with Crippen molar-refractivity contribution in [2.45, 2.75) is 55.6 Å². The van der Waals surface area contributed by atoms with E-state index in [0.717, 1.165) is 16.7 Å². The van der Waals surface area contributed by atoms with E-state index < -0.39 is 32.3 Å². The van der Waals surface area contributed by atoms with Gasteiger partial charge in [-0.3, -0.25) is 8.37 Å². The molecule has 0 heterocycles. The highest BCUT2D eigenvalue weighted by molar-refractivity contribution is 7.87. The lowest BCUT2D eigenvalue weighted by molar-refractivity contribution is -0.153. The Morgan fingerprint density at radius 3 is 1.84 bits per heavy atom. The summed E-state index contributed by atoms with van der Waals surface area (Å²) in [7, 11) is -8.16. The lowest BCUT2D eigenvalue weighted by Gasteiger charge is -2.17. The van der Waals surface area contributed by atoms with Crippen molar-refractivity contribution in [3.05, 3.63) is 95.6 Å². The molecule has 0 aliphatic heterocycles. The second kappa shape index (κ2) is 13.0. The maximum atomic E-state index is 12.8. The molecule has 0 radical (unpaired) electrons. The van der Waals surface area contributed by atoms with Crippen LogP contribution in [0.25, 0.3) is 0 Å². The van der Waals surface area contributed by atoms with Crippen molar-refractivity contribution in [3.63, 3.8) is 0 Å². The Morgan fingerprint density at radius 1 is 0.730 bits per heavy atom. The van der Waals surface area contributed by atoms with Crippen molar-refractivity contribution < 1.29 is 34.7 Å². The van der Waals surface area contributed by atoms with Crippen molar-refractivity contribution in [1.29, 1.82) is 0 Å². The summed E-state index contributed by atoms with van der Waals surface area (Å²) in [5.41, 5.74) is 2.54. The molecular formula is C27H30O8S2. The van der Waals surface area contributed by atoms with Gasteiger partial charge in [-0.15, -0.1) is 0 Å². The van der Waals surface area contributed by atoms with Crippen LogP contribution >= 0.6 is 0 Å². The molecule has 3 rings (SSSR count). The third-order valence-corrected chi connectivity index (χ3v) is 8.11. The van der Waals surface area contributed by atoms with Gasteiger partial charge in [-0.25, -0.2) is 4.79 Å². The lowest BCUT2D eigenvalue weighted by atomic mass is 10.1. The topological polar surface area (TPSA) is 113 Å². The molecule has 0 spiro atoms. The van der Waals surface area contributed by atoms with E-state index in [-0.39, 0.29) is 42.3 Å². The first-order chi connectivity index (χ1) is 17.6. The van der Waals surface area contributed by atoms with Crippen LogP contribution in [-0.2, 0) is 44.7 Å². The van der Waals surface area contributed by atoms with E-state index in [1.165, 1.54) is 24.3 Å². The van der Waals surface area contributed by atoms with Gasteiger partial charge in [0.2, 0.25) is 0 Å². The van der Waals surface area contributed by atoms with Gasteiger partial charge < -0.3 is 4.74 Å². The van der Waals surface area contributed by atoms with Crippen LogP contribution < -0.4 is 0 Å². The van der Waals surface area contributed by atoms with E-state index in [0.29, 0.717) is 0 Å². The number of hydrogen-bond acceptors (Lipinski definition) is 8. The van der Waals surface area contributed by atoms with Gasteiger partial charge in [0.1, 0.15) is 6.61 Å². The number of carbonyl (C=O) groups excluding carboxylic acids is 1. The van der Waals surface area contributed by atoms with Crippen LogP contribution in [0, 0.1) is 13.8 Å². The van der Waals surface area contributed by atoms with Crippen LogP contribution in [0.15, 0.2) is 88.7 Å². The maximum absolute atomic E-state index is 12.8. The van der Waals surface area contributed by atoms with Crippen LogP contribution in [0.4, 0.5) is 0 Å². The van der Waals surface area contributed by atoms with Crippen LogP contribution in [0.5, 0.6) is 0 Å². The molecule has 8 nitrogen and oxygen atoms in total. The first kappa shape index (κ1) is 28.5. The van der Waals surface area contributed by atoms with Gasteiger partial charge in [-0.2, -0.15) is 16.8 Å². The number of carbonyl (C=O) groups is 1. The van der Waals surface area contributed by atoms with Crippen LogP contribution in [0.3, 0.4) is 0 Å². The Labute approximate surface area is 218 Å². The molecule has 10 heteroatoms. The summed E-state index contributed by atoms with van der Waals surface area (Å²) in [6.07, 6.45) is -0.893. The SMILES string of the molecule is Cc1ccc(S(=O)(=O)OCCCCC(OS(=O)(=O)c2ccc(C)cc2)C(=O)OCc2ccccc2)cc1. The Bertz CT molecular complexity index is 1370. The standard InChI is InChI=1S/C27H30O8S2/c1-21-11-15-24(16-12-21)36(29,30)34-19-7-6-10-26(27(28)33-20-23-8-4-3-5-9-23)35-37(31,32)25-17-13-22(2)14-18-25/h3-5,8-9,11-18,26H,6-7,10,19-20H2,1-2H3. The van der Waals surface area contributed by atoms with Crippen LogP contribution in [0.1, 0.15) is 36.0 Å². The normalized spacial score (nSPS) is 12.7. The molecule has 0 bridgehead atoms. The van der Waals surface area contributed by atoms with Crippen molar-refractivity contribution in [3.8, 4) is 0 Å². The Kier molecular flexibility index (Phi) is 9.99. The average Bonchev–Trinajstić information content (AvgIpc) is 2.87. The Balaban J connectivity index is 1.61. The third-order valence-electron chi connectivity index (χ3n) is 5.45. The van der Waals surface area contributed by atoms with Crippen molar-refractivity contribution in [1.82, 2.24) is 0 Å². The minimum absolute atomic E-state index is 0.00729. The van der Waals surface area contributed by atoms with E-state index >= 15 is 0 Å². The number of ether oxygens (including phenoxy) is 1. The van der Waals surface area contributed by atoms with Crippen molar-refractivity contribution in [2.24, 2.45) is 0 Å². The fourth-order valence-corrected chi connectivity index (χ4v) is 5.32. The molecular weight excluding hydrogens is 516 g/mol. The van der Waals surface area contributed by atoms with E-state index in [1.807, 2.05) is 19.9 Å². The molecule has 1 unspecified atom stereocenters.